The van der Waals surface area contributed by atoms with Gasteiger partial charge in [0, 0.05) is 70.4 Å². The molecule has 18 heteroatoms. The van der Waals surface area contributed by atoms with E-state index in [9.17, 15) is 0 Å². The van der Waals surface area contributed by atoms with Crippen LogP contribution >= 0.6 is 0 Å². The number of aliphatic imine (C=N–C) groups is 3. The standard InChI is InChI=1S/C68H68N12O4.ClH.Zn/c1-77(2,3)41-25-33-45(34-26-41)81-53-21-13-17-49-57(53)65-70-61(49)69-62-50-18-14-23-55(83-47-37-29-43(30-38-47)79(7,8)9)59(50)67(71-62)76-68-60-52(20-16-24-56(60)84-48-39-31-44(32-40-48)80(10,11)12)64(75-68)74-66-58-51(63(72-65)73-66)19-15-22-54(58)82-46-35-27-42(28-36-46)78(4,5)6;;/h13-40,63,70,72H,1-12H3,(H,69,71,73,74,75,76);1H;/q+4;;+2/p-1. The number of quaternary nitrogens is 4. The van der Waals surface area contributed by atoms with Crippen molar-refractivity contribution in [2.45, 2.75) is 6.17 Å². The van der Waals surface area contributed by atoms with E-state index < -0.39 is 6.17 Å². The first-order chi connectivity index (χ1) is 40.1. The molecule has 0 saturated carbocycles. The van der Waals surface area contributed by atoms with Crippen molar-refractivity contribution in [2.24, 2.45) is 25.0 Å². The maximum atomic E-state index is 6.86. The predicted molar refractivity (Wildman–Crippen MR) is 342 cm³/mol. The maximum absolute atomic E-state index is 6.86. The number of amidine groups is 3. The van der Waals surface area contributed by atoms with E-state index in [1.165, 1.54) is 0 Å². The van der Waals surface area contributed by atoms with E-state index in [-0.39, 0.29) is 31.9 Å². The third-order valence-electron chi connectivity index (χ3n) is 15.4. The summed E-state index contributed by atoms with van der Waals surface area (Å²) in [5.41, 5.74) is 8.48. The number of nitrogens with zero attached hydrogens (tertiary/aromatic N) is 9. The number of benzene rings is 8. The Balaban J connectivity index is 0.00000384. The Hall–Kier alpha value is -8.80. The summed E-state index contributed by atoms with van der Waals surface area (Å²) in [7, 11) is 25.7. The molecule has 1 atom stereocenters. The SMILES string of the molecule is C[N+](C)(C)c1ccc(Oc2cccc3c2C2=N/C3=N\c3[nH]c(c4c(Oc5ccc([N+](C)(C)C)cc5)cccc34)NC3N=C(N=c4[nH]c(c5c(Oc6ccc([N+](C)(C)C)cc6)cccc45)=N2)c2c(Oc4ccc([N+](C)(C)C)cc4)cccc23)cc1.[Cl-].[Zn+2]. The molecule has 3 aliphatic rings. The van der Waals surface area contributed by atoms with Gasteiger partial charge in [-0.2, -0.15) is 0 Å². The smallest absolute Gasteiger partial charge is 1.00 e. The molecule has 3 N–H and O–H groups in total. The van der Waals surface area contributed by atoms with E-state index in [4.69, 9.17) is 43.9 Å². The van der Waals surface area contributed by atoms with Crippen molar-refractivity contribution in [2.75, 3.05) is 89.9 Å². The Bertz CT molecular complexity index is 4490. The van der Waals surface area contributed by atoms with Crippen molar-refractivity contribution in [3.05, 3.63) is 203 Å². The summed E-state index contributed by atoms with van der Waals surface area (Å²) in [4.78, 5) is 34.6. The van der Waals surface area contributed by atoms with Crippen molar-refractivity contribution in [1.29, 1.82) is 0 Å². The summed E-state index contributed by atoms with van der Waals surface area (Å²) in [6, 6.07) is 56.5. The maximum Gasteiger partial charge on any atom is 2.00 e. The van der Waals surface area contributed by atoms with Crippen LogP contribution in [0.1, 0.15) is 28.4 Å². The summed E-state index contributed by atoms with van der Waals surface area (Å²) in [6.07, 6.45) is -0.665. The van der Waals surface area contributed by atoms with Crippen LogP contribution in [0.4, 0.5) is 34.4 Å². The van der Waals surface area contributed by atoms with Crippen molar-refractivity contribution < 1.29 is 50.8 Å². The van der Waals surface area contributed by atoms with E-state index in [1.54, 1.807) is 0 Å². The van der Waals surface area contributed by atoms with E-state index in [0.29, 0.717) is 115 Å². The average Bonchev–Trinajstić information content (AvgIpc) is 1.67. The van der Waals surface area contributed by atoms with Gasteiger partial charge in [-0.3, -0.25) is 17.9 Å². The van der Waals surface area contributed by atoms with Gasteiger partial charge in [0.15, 0.2) is 17.5 Å². The number of rotatable bonds is 12. The van der Waals surface area contributed by atoms with Crippen LogP contribution in [0.3, 0.4) is 0 Å². The number of aromatic amines is 2. The second-order valence-corrected chi connectivity index (χ2v) is 25.0. The van der Waals surface area contributed by atoms with Crippen LogP contribution < -0.4 is 65.6 Å². The third kappa shape index (κ3) is 11.3. The van der Waals surface area contributed by atoms with Crippen LogP contribution in [0.25, 0.3) is 21.5 Å². The Morgan fingerprint density at radius 1 is 0.372 bits per heavy atom. The third-order valence-corrected chi connectivity index (χ3v) is 15.4. The quantitative estimate of drug-likeness (QED) is 0.0825. The van der Waals surface area contributed by atoms with Gasteiger partial charge >= 0.3 is 19.5 Å². The monoisotopic (exact) mass is 1220 g/mol. The van der Waals surface area contributed by atoms with Gasteiger partial charge in [0.05, 0.1) is 106 Å². The second-order valence-electron chi connectivity index (χ2n) is 25.0. The predicted octanol–water partition coefficient (Wildman–Crippen LogP) is 10.3. The molecule has 0 amide bonds. The normalized spacial score (nSPS) is 15.1. The molecule has 428 valence electrons. The van der Waals surface area contributed by atoms with Gasteiger partial charge in [0.25, 0.3) is 0 Å². The molecular formula is C68H68ClN12O4Zn+5. The number of aromatic nitrogens is 2. The first kappa shape index (κ1) is 59.0. The molecule has 0 spiro atoms. The zero-order chi connectivity index (χ0) is 58.5. The van der Waals surface area contributed by atoms with Gasteiger partial charge in [-0.1, -0.05) is 48.5 Å². The fourth-order valence-electron chi connectivity index (χ4n) is 10.8. The summed E-state index contributed by atoms with van der Waals surface area (Å²) in [5, 5.41) is 6.82. The molecular weight excluding hydrogens is 1150 g/mol. The van der Waals surface area contributed by atoms with Crippen LogP contribution in [0.2, 0.25) is 0 Å². The number of nitrogens with one attached hydrogen (secondary N) is 3. The molecule has 1 unspecified atom stereocenters. The van der Waals surface area contributed by atoms with Crippen LogP contribution in [0.5, 0.6) is 46.0 Å². The minimum Gasteiger partial charge on any atom is -1.00 e. The molecule has 8 aromatic carbocycles. The zero-order valence-corrected chi connectivity index (χ0v) is 54.2. The summed E-state index contributed by atoms with van der Waals surface area (Å²) >= 11 is 0. The zero-order valence-electron chi connectivity index (χ0n) is 50.5. The average molecular weight is 1220 g/mol. The summed E-state index contributed by atoms with van der Waals surface area (Å²) < 4.78 is 30.0. The summed E-state index contributed by atoms with van der Waals surface area (Å²) in [5.74, 6) is 7.41. The van der Waals surface area contributed by atoms with Crippen molar-refractivity contribution in [3.63, 3.8) is 0 Å². The Morgan fingerprint density at radius 2 is 0.791 bits per heavy atom. The molecule has 86 heavy (non-hydrogen) atoms. The first-order valence-corrected chi connectivity index (χ1v) is 28.0. The number of hydrogen-bond donors (Lipinski definition) is 3. The minimum absolute atomic E-state index is 0. The molecule has 5 heterocycles. The number of ether oxygens (including phenoxy) is 4. The van der Waals surface area contributed by atoms with E-state index in [2.05, 4.69) is 154 Å². The van der Waals surface area contributed by atoms with Gasteiger partial charge < -0.3 is 46.6 Å². The molecule has 0 aliphatic carbocycles. The van der Waals surface area contributed by atoms with Gasteiger partial charge in [-0.25, -0.2) is 25.0 Å². The van der Waals surface area contributed by atoms with Gasteiger partial charge in [0.1, 0.15) is 97.5 Å². The first-order valence-electron chi connectivity index (χ1n) is 28.0. The Morgan fingerprint density at radius 3 is 1.29 bits per heavy atom. The molecule has 10 aromatic rings. The van der Waals surface area contributed by atoms with Crippen molar-refractivity contribution >= 4 is 73.4 Å². The van der Waals surface area contributed by atoms with E-state index in [0.717, 1.165) is 55.6 Å². The minimum atomic E-state index is -0.665. The van der Waals surface area contributed by atoms with Crippen LogP contribution in [-0.4, -0.2) is 112 Å². The number of fused-ring (bicyclic) bond motifs is 18. The van der Waals surface area contributed by atoms with Crippen molar-refractivity contribution in [3.8, 4) is 46.0 Å². The second kappa shape index (κ2) is 22.2. The van der Waals surface area contributed by atoms with E-state index in [1.807, 2.05) is 115 Å². The number of H-pyrrole nitrogens is 2. The topological polar surface area (TPSA) is 142 Å². The van der Waals surface area contributed by atoms with E-state index >= 15 is 0 Å². The molecule has 13 rings (SSSR count). The number of hydrogen-bond acceptors (Lipinski definition) is 10. The van der Waals surface area contributed by atoms with Crippen LogP contribution in [0.15, 0.2) is 195 Å². The number of halogens is 1. The summed E-state index contributed by atoms with van der Waals surface area (Å²) in [6.45, 7) is 0. The fraction of sp³-hybridized carbons (Fsp3) is 0.191. The Kier molecular flexibility index (Phi) is 15.2. The molecule has 16 nitrogen and oxygen atoms in total. The van der Waals surface area contributed by atoms with Crippen LogP contribution in [0, 0.1) is 0 Å². The van der Waals surface area contributed by atoms with Gasteiger partial charge in [0.2, 0.25) is 0 Å². The van der Waals surface area contributed by atoms with Gasteiger partial charge in [-0.05, 0) is 72.8 Å². The molecule has 3 aliphatic heterocycles. The van der Waals surface area contributed by atoms with Gasteiger partial charge in [-0.15, -0.1) is 0 Å². The fourth-order valence-corrected chi connectivity index (χ4v) is 10.8. The Labute approximate surface area is 519 Å². The molecule has 0 saturated heterocycles. The van der Waals surface area contributed by atoms with Crippen molar-refractivity contribution in [1.82, 2.24) is 27.9 Å². The molecule has 8 bridgehead atoms. The molecule has 2 aromatic heterocycles. The van der Waals surface area contributed by atoms with Crippen LogP contribution in [-0.2, 0) is 19.5 Å². The largest absolute Gasteiger partial charge is 2.00 e. The molecule has 0 radical (unpaired) electrons. The number of anilines is 1. The molecule has 0 fully saturated rings.